The second-order valence-electron chi connectivity index (χ2n) is 4.79. The average molecular weight is 358 g/mol. The van der Waals surface area contributed by atoms with E-state index < -0.39 is 0 Å². The topological polar surface area (TPSA) is 80.5 Å². The van der Waals surface area contributed by atoms with Crippen LogP contribution in [0.4, 0.5) is 0 Å². The summed E-state index contributed by atoms with van der Waals surface area (Å²) in [4.78, 5) is 4.22. The molecule has 3 aromatic rings. The number of nitriles is 1. The Hall–Kier alpha value is -2.56. The number of allylic oxidation sites excluding steroid dienone is 1. The first kappa shape index (κ1) is 16.3. The summed E-state index contributed by atoms with van der Waals surface area (Å²) in [5, 5.41) is 19.1. The van der Waals surface area contributed by atoms with Crippen molar-refractivity contribution in [2.75, 3.05) is 0 Å². The fourth-order valence-corrected chi connectivity index (χ4v) is 3.09. The van der Waals surface area contributed by atoms with Crippen molar-refractivity contribution in [3.8, 4) is 17.5 Å². The normalized spacial score (nSPS) is 10.5. The van der Waals surface area contributed by atoms with Crippen molar-refractivity contribution in [3.05, 3.63) is 53.6 Å². The van der Waals surface area contributed by atoms with Crippen LogP contribution in [0.1, 0.15) is 11.5 Å². The fraction of sp³-hybridized carbons (Fsp3) is 0.125. The Labute approximate surface area is 147 Å². The monoisotopic (exact) mass is 357 g/mol. The third-order valence-corrected chi connectivity index (χ3v) is 4.48. The average Bonchev–Trinajstić information content (AvgIpc) is 3.16. The van der Waals surface area contributed by atoms with E-state index in [1.807, 2.05) is 23.6 Å². The molecule has 0 aliphatic rings. The van der Waals surface area contributed by atoms with E-state index in [0.29, 0.717) is 27.6 Å². The lowest BCUT2D eigenvalue weighted by molar-refractivity contribution is 0.534. The lowest BCUT2D eigenvalue weighted by Gasteiger charge is -2.07. The first-order valence-electron chi connectivity index (χ1n) is 6.97. The molecule has 3 heterocycles. The fourth-order valence-electron chi connectivity index (χ4n) is 2.13. The molecular weight excluding hydrogens is 346 g/mol. The first-order chi connectivity index (χ1) is 11.6. The SMILES string of the molecule is C=CCn1c(Sc2ccc(Cl)c(C#N)n2)nnc1-c1ccoc1C. The van der Waals surface area contributed by atoms with Crippen molar-refractivity contribution in [2.24, 2.45) is 0 Å². The van der Waals surface area contributed by atoms with Crippen molar-refractivity contribution in [1.82, 2.24) is 19.7 Å². The van der Waals surface area contributed by atoms with Gasteiger partial charge in [0.25, 0.3) is 0 Å². The molecule has 8 heteroatoms. The summed E-state index contributed by atoms with van der Waals surface area (Å²) in [6, 6.07) is 7.20. The Balaban J connectivity index is 2.00. The third-order valence-electron chi connectivity index (χ3n) is 3.25. The van der Waals surface area contributed by atoms with Gasteiger partial charge in [0.2, 0.25) is 0 Å². The predicted octanol–water partition coefficient (Wildman–Crippen LogP) is 4.10. The number of rotatable bonds is 5. The highest BCUT2D eigenvalue weighted by Crippen LogP contribution is 2.31. The second kappa shape index (κ2) is 6.91. The van der Waals surface area contributed by atoms with E-state index in [0.717, 1.165) is 11.3 Å². The Bertz CT molecular complexity index is 940. The number of hydrogen-bond acceptors (Lipinski definition) is 6. The van der Waals surface area contributed by atoms with Gasteiger partial charge in [0.1, 0.15) is 16.9 Å². The molecule has 0 radical (unpaired) electrons. The number of aromatic nitrogens is 4. The van der Waals surface area contributed by atoms with Crippen LogP contribution in [0.15, 0.2) is 51.7 Å². The van der Waals surface area contributed by atoms with Gasteiger partial charge < -0.3 is 4.42 Å². The minimum absolute atomic E-state index is 0.183. The quantitative estimate of drug-likeness (QED) is 0.639. The summed E-state index contributed by atoms with van der Waals surface area (Å²) in [6.45, 7) is 6.19. The van der Waals surface area contributed by atoms with Gasteiger partial charge in [0, 0.05) is 6.54 Å². The van der Waals surface area contributed by atoms with Crippen LogP contribution in [0.25, 0.3) is 11.4 Å². The van der Waals surface area contributed by atoms with Crippen LogP contribution in [0.3, 0.4) is 0 Å². The second-order valence-corrected chi connectivity index (χ2v) is 6.18. The molecule has 24 heavy (non-hydrogen) atoms. The molecule has 3 rings (SSSR count). The molecule has 0 unspecified atom stereocenters. The largest absolute Gasteiger partial charge is 0.469 e. The van der Waals surface area contributed by atoms with Crippen LogP contribution in [0.5, 0.6) is 0 Å². The van der Waals surface area contributed by atoms with Crippen molar-refractivity contribution in [3.63, 3.8) is 0 Å². The Morgan fingerprint density at radius 2 is 2.25 bits per heavy atom. The van der Waals surface area contributed by atoms with E-state index in [1.165, 1.54) is 11.8 Å². The Morgan fingerprint density at radius 1 is 1.42 bits per heavy atom. The summed E-state index contributed by atoms with van der Waals surface area (Å²) in [6.07, 6.45) is 3.38. The zero-order valence-corrected chi connectivity index (χ0v) is 14.3. The highest BCUT2D eigenvalue weighted by Gasteiger charge is 2.18. The predicted molar refractivity (Wildman–Crippen MR) is 90.7 cm³/mol. The molecule has 0 saturated carbocycles. The molecule has 0 aliphatic heterocycles. The maximum atomic E-state index is 9.04. The van der Waals surface area contributed by atoms with E-state index >= 15 is 0 Å². The molecule has 6 nitrogen and oxygen atoms in total. The van der Waals surface area contributed by atoms with Gasteiger partial charge in [-0.1, -0.05) is 17.7 Å². The van der Waals surface area contributed by atoms with Gasteiger partial charge in [0.15, 0.2) is 16.7 Å². The molecule has 0 amide bonds. The Kier molecular flexibility index (Phi) is 4.69. The summed E-state index contributed by atoms with van der Waals surface area (Å²) in [5.41, 5.74) is 1.06. The smallest absolute Gasteiger partial charge is 0.198 e. The number of halogens is 1. The molecule has 0 saturated heterocycles. The maximum absolute atomic E-state index is 9.04. The number of pyridine rings is 1. The van der Waals surface area contributed by atoms with Crippen LogP contribution < -0.4 is 0 Å². The molecule has 0 spiro atoms. The highest BCUT2D eigenvalue weighted by atomic mass is 35.5. The van der Waals surface area contributed by atoms with Crippen molar-refractivity contribution in [2.45, 2.75) is 23.7 Å². The van der Waals surface area contributed by atoms with Gasteiger partial charge in [-0.2, -0.15) is 5.26 Å². The molecule has 0 aliphatic carbocycles. The van der Waals surface area contributed by atoms with Crippen molar-refractivity contribution < 1.29 is 4.42 Å². The maximum Gasteiger partial charge on any atom is 0.198 e. The van der Waals surface area contributed by atoms with Crippen LogP contribution in [-0.4, -0.2) is 19.7 Å². The minimum Gasteiger partial charge on any atom is -0.469 e. The highest BCUT2D eigenvalue weighted by molar-refractivity contribution is 7.99. The standard InChI is InChI=1S/C16H12ClN5OS/c1-3-7-22-15(11-6-8-23-10(11)2)20-21-16(22)24-14-5-4-12(17)13(9-18)19-14/h3-6,8H,1,7H2,2H3. The van der Waals surface area contributed by atoms with Gasteiger partial charge in [-0.3, -0.25) is 4.57 Å². The third kappa shape index (κ3) is 3.07. The van der Waals surface area contributed by atoms with Gasteiger partial charge in [-0.15, -0.1) is 16.8 Å². The van der Waals surface area contributed by atoms with Crippen molar-refractivity contribution in [1.29, 1.82) is 5.26 Å². The zero-order valence-electron chi connectivity index (χ0n) is 12.7. The molecular formula is C16H12ClN5OS. The number of aryl methyl sites for hydroxylation is 1. The van der Waals surface area contributed by atoms with Crippen molar-refractivity contribution >= 4 is 23.4 Å². The lowest BCUT2D eigenvalue weighted by atomic mass is 10.2. The zero-order chi connectivity index (χ0) is 17.1. The molecule has 0 atom stereocenters. The van der Waals surface area contributed by atoms with Gasteiger partial charge in [-0.05, 0) is 36.9 Å². The molecule has 0 N–H and O–H groups in total. The number of hydrogen-bond donors (Lipinski definition) is 0. The summed E-state index contributed by atoms with van der Waals surface area (Å²) >= 11 is 7.22. The number of furan rings is 1. The van der Waals surface area contributed by atoms with Gasteiger partial charge >= 0.3 is 0 Å². The van der Waals surface area contributed by atoms with Crippen LogP contribution in [-0.2, 0) is 6.54 Å². The van der Waals surface area contributed by atoms with E-state index in [9.17, 15) is 0 Å². The Morgan fingerprint density at radius 3 is 2.92 bits per heavy atom. The minimum atomic E-state index is 0.183. The van der Waals surface area contributed by atoms with E-state index in [1.54, 1.807) is 24.5 Å². The molecule has 0 aromatic carbocycles. The molecule has 0 fully saturated rings. The summed E-state index contributed by atoms with van der Waals surface area (Å²) in [5.74, 6) is 1.46. The summed E-state index contributed by atoms with van der Waals surface area (Å²) in [7, 11) is 0. The first-order valence-corrected chi connectivity index (χ1v) is 8.16. The van der Waals surface area contributed by atoms with Crippen LogP contribution in [0, 0.1) is 18.3 Å². The van der Waals surface area contributed by atoms with Gasteiger partial charge in [-0.25, -0.2) is 4.98 Å². The molecule has 3 aromatic heterocycles. The van der Waals surface area contributed by atoms with Gasteiger partial charge in [0.05, 0.1) is 16.8 Å². The van der Waals surface area contributed by atoms with Crippen LogP contribution >= 0.6 is 23.4 Å². The van der Waals surface area contributed by atoms with E-state index in [2.05, 4.69) is 21.8 Å². The summed E-state index contributed by atoms with van der Waals surface area (Å²) < 4.78 is 7.26. The molecule has 120 valence electrons. The van der Waals surface area contributed by atoms with Crippen LogP contribution in [0.2, 0.25) is 5.02 Å². The lowest BCUT2D eigenvalue weighted by Crippen LogP contribution is -2.01. The molecule has 0 bridgehead atoms. The van der Waals surface area contributed by atoms with E-state index in [-0.39, 0.29) is 5.69 Å². The number of nitrogens with zero attached hydrogens (tertiary/aromatic N) is 5. The van der Waals surface area contributed by atoms with E-state index in [4.69, 9.17) is 21.3 Å².